The summed E-state index contributed by atoms with van der Waals surface area (Å²) in [6, 6.07) is 8.27. The normalized spacial score (nSPS) is 19.2. The summed E-state index contributed by atoms with van der Waals surface area (Å²) < 4.78 is 0. The zero-order valence-electron chi connectivity index (χ0n) is 11.7. The van der Waals surface area contributed by atoms with Gasteiger partial charge in [-0.2, -0.15) is 0 Å². The second kappa shape index (κ2) is 6.42. The van der Waals surface area contributed by atoms with Crippen LogP contribution in [-0.4, -0.2) is 23.4 Å². The summed E-state index contributed by atoms with van der Waals surface area (Å²) in [5.74, 6) is 0.721. The number of rotatable bonds is 4. The quantitative estimate of drug-likeness (QED) is 0.818. The van der Waals surface area contributed by atoms with E-state index in [0.29, 0.717) is 24.3 Å². The fraction of sp³-hybridized carbons (Fsp3) is 0.562. The lowest BCUT2D eigenvalue weighted by Crippen LogP contribution is -2.37. The van der Waals surface area contributed by atoms with Crippen molar-refractivity contribution in [2.75, 3.05) is 6.54 Å². The average Bonchev–Trinajstić information content (AvgIpc) is 2.79. The Bertz CT molecular complexity index is 444. The monoisotopic (exact) mass is 279 g/mol. The Morgan fingerprint density at radius 2 is 2.16 bits per heavy atom. The molecule has 2 rings (SSSR count). The Morgan fingerprint density at radius 1 is 1.42 bits per heavy atom. The summed E-state index contributed by atoms with van der Waals surface area (Å²) in [5.41, 5.74) is 1.15. The molecule has 2 nitrogen and oxygen atoms in total. The van der Waals surface area contributed by atoms with Crippen molar-refractivity contribution in [2.45, 2.75) is 45.6 Å². The molecule has 0 saturated carbocycles. The van der Waals surface area contributed by atoms with Crippen molar-refractivity contribution in [1.29, 1.82) is 0 Å². The second-order valence-corrected chi connectivity index (χ2v) is 6.18. The Hall–Kier alpha value is -1.02. The Labute approximate surface area is 120 Å². The van der Waals surface area contributed by atoms with Gasteiger partial charge in [-0.25, -0.2) is 0 Å². The molecule has 104 valence electrons. The van der Waals surface area contributed by atoms with Crippen LogP contribution in [0.4, 0.5) is 0 Å². The highest BCUT2D eigenvalue weighted by Crippen LogP contribution is 2.25. The van der Waals surface area contributed by atoms with Crippen molar-refractivity contribution in [1.82, 2.24) is 4.90 Å². The van der Waals surface area contributed by atoms with Gasteiger partial charge in [-0.15, -0.1) is 0 Å². The number of carbonyl (C=O) groups excluding carboxylic acids is 1. The van der Waals surface area contributed by atoms with E-state index in [9.17, 15) is 4.79 Å². The molecule has 1 atom stereocenters. The third kappa shape index (κ3) is 3.73. The first kappa shape index (κ1) is 14.4. The molecule has 0 aromatic heterocycles. The van der Waals surface area contributed by atoms with Crippen LogP contribution in [0.15, 0.2) is 24.3 Å². The zero-order valence-corrected chi connectivity index (χ0v) is 12.5. The predicted octanol–water partition coefficient (Wildman–Crippen LogP) is 3.92. The highest BCUT2D eigenvalue weighted by molar-refractivity contribution is 6.31. The number of nitrogens with zero attached hydrogens (tertiary/aromatic N) is 1. The highest BCUT2D eigenvalue weighted by atomic mass is 35.5. The number of hydrogen-bond acceptors (Lipinski definition) is 1. The molecule has 1 aliphatic rings. The smallest absolute Gasteiger partial charge is 0.223 e. The topological polar surface area (TPSA) is 20.3 Å². The van der Waals surface area contributed by atoms with E-state index in [1.807, 2.05) is 18.2 Å². The lowest BCUT2D eigenvalue weighted by Gasteiger charge is -2.26. The second-order valence-electron chi connectivity index (χ2n) is 5.78. The molecule has 1 heterocycles. The predicted molar refractivity (Wildman–Crippen MR) is 79.3 cm³/mol. The van der Waals surface area contributed by atoms with Crippen LogP contribution in [0, 0.1) is 5.92 Å². The number of benzene rings is 1. The van der Waals surface area contributed by atoms with E-state index in [-0.39, 0.29) is 0 Å². The van der Waals surface area contributed by atoms with Gasteiger partial charge in [0.25, 0.3) is 0 Å². The molecule has 3 heteroatoms. The van der Waals surface area contributed by atoms with Crippen molar-refractivity contribution in [2.24, 2.45) is 5.92 Å². The Kier molecular flexibility index (Phi) is 4.87. The maximum atomic E-state index is 12.2. The molecule has 1 amide bonds. The van der Waals surface area contributed by atoms with Crippen molar-refractivity contribution in [3.8, 4) is 0 Å². The van der Waals surface area contributed by atoms with E-state index in [1.165, 1.54) is 0 Å². The Morgan fingerprint density at radius 3 is 2.84 bits per heavy atom. The molecule has 1 aromatic carbocycles. The number of carbonyl (C=O) groups is 1. The van der Waals surface area contributed by atoms with Crippen LogP contribution in [-0.2, 0) is 11.2 Å². The summed E-state index contributed by atoms with van der Waals surface area (Å²) in [5, 5.41) is 0.811. The molecule has 0 aliphatic carbocycles. The van der Waals surface area contributed by atoms with Crippen LogP contribution in [0.1, 0.15) is 38.7 Å². The van der Waals surface area contributed by atoms with Crippen LogP contribution in [0.5, 0.6) is 0 Å². The van der Waals surface area contributed by atoms with E-state index in [4.69, 9.17) is 11.6 Å². The fourth-order valence-electron chi connectivity index (χ4n) is 2.76. The van der Waals surface area contributed by atoms with Crippen molar-refractivity contribution >= 4 is 17.5 Å². The van der Waals surface area contributed by atoms with Gasteiger partial charge in [-0.1, -0.05) is 43.6 Å². The van der Waals surface area contributed by atoms with Gasteiger partial charge >= 0.3 is 0 Å². The van der Waals surface area contributed by atoms with Crippen molar-refractivity contribution in [3.63, 3.8) is 0 Å². The minimum absolute atomic E-state index is 0.296. The van der Waals surface area contributed by atoms with Crippen molar-refractivity contribution < 1.29 is 4.79 Å². The van der Waals surface area contributed by atoms with Crippen LogP contribution in [0.2, 0.25) is 5.02 Å². The molecule has 1 aliphatic heterocycles. The number of amides is 1. The minimum atomic E-state index is 0.296. The molecule has 1 unspecified atom stereocenters. The number of likely N-dealkylation sites (tertiary alicyclic amines) is 1. The zero-order chi connectivity index (χ0) is 13.8. The van der Waals surface area contributed by atoms with E-state index >= 15 is 0 Å². The standard InChI is InChI=1S/C16H22ClNO/c1-12(2)10-16(19)18-9-5-7-14(18)11-13-6-3-4-8-15(13)17/h3-4,6,8,12,14H,5,7,9-11H2,1-2H3. The first-order valence-corrected chi connectivity index (χ1v) is 7.48. The largest absolute Gasteiger partial charge is 0.339 e. The van der Waals surface area contributed by atoms with Crippen molar-refractivity contribution in [3.05, 3.63) is 34.9 Å². The van der Waals surface area contributed by atoms with Gasteiger partial charge in [-0.05, 0) is 36.8 Å². The van der Waals surface area contributed by atoms with Crippen LogP contribution < -0.4 is 0 Å². The lowest BCUT2D eigenvalue weighted by molar-refractivity contribution is -0.132. The first-order valence-electron chi connectivity index (χ1n) is 7.11. The average molecular weight is 280 g/mol. The maximum Gasteiger partial charge on any atom is 0.223 e. The van der Waals surface area contributed by atoms with Gasteiger partial charge in [-0.3, -0.25) is 4.79 Å². The molecular weight excluding hydrogens is 258 g/mol. The van der Waals surface area contributed by atoms with Gasteiger partial charge in [0.15, 0.2) is 0 Å². The van der Waals surface area contributed by atoms with Crippen LogP contribution in [0.25, 0.3) is 0 Å². The number of halogens is 1. The highest BCUT2D eigenvalue weighted by Gasteiger charge is 2.29. The van der Waals surface area contributed by atoms with Gasteiger partial charge in [0.2, 0.25) is 5.91 Å². The van der Waals surface area contributed by atoms with Gasteiger partial charge in [0, 0.05) is 24.0 Å². The third-order valence-electron chi connectivity index (χ3n) is 3.69. The molecule has 1 fully saturated rings. The maximum absolute atomic E-state index is 12.2. The van der Waals surface area contributed by atoms with Gasteiger partial charge in [0.05, 0.1) is 0 Å². The van der Waals surface area contributed by atoms with E-state index in [0.717, 1.165) is 36.4 Å². The molecule has 19 heavy (non-hydrogen) atoms. The molecule has 0 bridgehead atoms. The molecular formula is C16H22ClNO. The first-order chi connectivity index (χ1) is 9.08. The van der Waals surface area contributed by atoms with Crippen LogP contribution in [0.3, 0.4) is 0 Å². The molecule has 0 N–H and O–H groups in total. The van der Waals surface area contributed by atoms with E-state index < -0.39 is 0 Å². The lowest BCUT2D eigenvalue weighted by atomic mass is 10.0. The Balaban J connectivity index is 2.03. The van der Waals surface area contributed by atoms with E-state index in [2.05, 4.69) is 24.8 Å². The van der Waals surface area contributed by atoms with Gasteiger partial charge < -0.3 is 4.90 Å². The summed E-state index contributed by atoms with van der Waals surface area (Å²) >= 11 is 6.21. The molecule has 0 spiro atoms. The van der Waals surface area contributed by atoms with E-state index in [1.54, 1.807) is 0 Å². The SMILES string of the molecule is CC(C)CC(=O)N1CCCC1Cc1ccccc1Cl. The summed E-state index contributed by atoms with van der Waals surface area (Å²) in [6.07, 6.45) is 3.73. The molecule has 1 saturated heterocycles. The summed E-state index contributed by atoms with van der Waals surface area (Å²) in [7, 11) is 0. The molecule has 0 radical (unpaired) electrons. The fourth-order valence-corrected chi connectivity index (χ4v) is 2.97. The minimum Gasteiger partial charge on any atom is -0.339 e. The third-order valence-corrected chi connectivity index (χ3v) is 4.06. The summed E-state index contributed by atoms with van der Waals surface area (Å²) in [4.78, 5) is 14.3. The number of hydrogen-bond donors (Lipinski definition) is 0. The van der Waals surface area contributed by atoms with Gasteiger partial charge in [0.1, 0.15) is 0 Å². The van der Waals surface area contributed by atoms with Crippen LogP contribution >= 0.6 is 11.6 Å². The summed E-state index contributed by atoms with van der Waals surface area (Å²) in [6.45, 7) is 5.09. The molecule has 1 aromatic rings.